The van der Waals surface area contributed by atoms with Crippen LogP contribution in [0.4, 0.5) is 5.69 Å². The number of hydrogen-bond acceptors (Lipinski definition) is 5. The zero-order chi connectivity index (χ0) is 16.1. The quantitative estimate of drug-likeness (QED) is 0.481. The highest BCUT2D eigenvalue weighted by Gasteiger charge is 2.18. The monoisotopic (exact) mass is 301 g/mol. The number of rotatable bonds is 5. The molecule has 0 aromatic heterocycles. The van der Waals surface area contributed by atoms with Crippen LogP contribution < -0.4 is 4.74 Å². The van der Waals surface area contributed by atoms with E-state index in [-0.39, 0.29) is 23.6 Å². The lowest BCUT2D eigenvalue weighted by Crippen LogP contribution is -2.04. The van der Waals surface area contributed by atoms with Crippen LogP contribution in [0.1, 0.15) is 21.5 Å². The third kappa shape index (κ3) is 3.60. The second kappa shape index (κ2) is 6.71. The molecule has 0 bridgehead atoms. The van der Waals surface area contributed by atoms with E-state index in [1.165, 1.54) is 25.3 Å². The minimum atomic E-state index is -0.574. The maximum Gasteiger partial charge on any atom is 0.337 e. The number of aryl methyl sites for hydroxylation is 1. The largest absolute Gasteiger partial charge is 0.482 e. The molecule has 0 heterocycles. The molecule has 0 aliphatic rings. The average Bonchev–Trinajstić information content (AvgIpc) is 2.53. The zero-order valence-corrected chi connectivity index (χ0v) is 12.2. The molecular formula is C16H15NO5. The molecule has 2 aromatic rings. The fraction of sp³-hybridized carbons (Fsp3) is 0.188. The van der Waals surface area contributed by atoms with E-state index in [4.69, 9.17) is 4.74 Å². The van der Waals surface area contributed by atoms with Crippen molar-refractivity contribution in [2.45, 2.75) is 13.5 Å². The Morgan fingerprint density at radius 2 is 1.86 bits per heavy atom. The maximum absolute atomic E-state index is 11.5. The molecule has 6 nitrogen and oxygen atoms in total. The van der Waals surface area contributed by atoms with E-state index in [0.717, 1.165) is 11.1 Å². The molecule has 0 unspecified atom stereocenters. The number of carbonyl (C=O) groups excluding carboxylic acids is 1. The molecule has 0 aliphatic heterocycles. The minimum absolute atomic E-state index is 0.0356. The highest BCUT2D eigenvalue weighted by molar-refractivity contribution is 5.90. The summed E-state index contributed by atoms with van der Waals surface area (Å²) in [6, 6.07) is 11.5. The van der Waals surface area contributed by atoms with E-state index in [1.54, 1.807) is 0 Å². The summed E-state index contributed by atoms with van der Waals surface area (Å²) in [6.07, 6.45) is 0. The van der Waals surface area contributed by atoms with Gasteiger partial charge in [0.05, 0.1) is 17.6 Å². The normalized spacial score (nSPS) is 10.1. The molecule has 0 atom stereocenters. The Bertz CT molecular complexity index is 694. The molecule has 0 saturated carbocycles. The van der Waals surface area contributed by atoms with Crippen LogP contribution in [-0.2, 0) is 11.3 Å². The molecule has 0 saturated heterocycles. The fourth-order valence-electron chi connectivity index (χ4n) is 1.87. The van der Waals surface area contributed by atoms with Crippen molar-refractivity contribution in [3.8, 4) is 5.75 Å². The second-order valence-electron chi connectivity index (χ2n) is 4.71. The third-order valence-corrected chi connectivity index (χ3v) is 3.09. The van der Waals surface area contributed by atoms with Gasteiger partial charge in [0, 0.05) is 12.1 Å². The smallest absolute Gasteiger partial charge is 0.337 e. The average molecular weight is 301 g/mol. The molecule has 6 heteroatoms. The highest BCUT2D eigenvalue weighted by atomic mass is 16.6. The Kier molecular flexibility index (Phi) is 4.73. The van der Waals surface area contributed by atoms with E-state index in [1.807, 2.05) is 31.2 Å². The Balaban J connectivity index is 2.24. The summed E-state index contributed by atoms with van der Waals surface area (Å²) in [7, 11) is 1.25. The van der Waals surface area contributed by atoms with Gasteiger partial charge in [-0.05, 0) is 18.6 Å². The molecule has 2 rings (SSSR count). The van der Waals surface area contributed by atoms with Crippen molar-refractivity contribution in [1.82, 2.24) is 0 Å². The topological polar surface area (TPSA) is 78.7 Å². The number of benzene rings is 2. The van der Waals surface area contributed by atoms with Gasteiger partial charge in [-0.3, -0.25) is 10.1 Å². The van der Waals surface area contributed by atoms with Crippen LogP contribution in [-0.4, -0.2) is 18.0 Å². The molecular weight excluding hydrogens is 286 g/mol. The van der Waals surface area contributed by atoms with Crippen LogP contribution in [0.2, 0.25) is 0 Å². The SMILES string of the molecule is COC(=O)c1ccc([N+](=O)[O-])c(OCc2ccc(C)cc2)c1. The highest BCUT2D eigenvalue weighted by Crippen LogP contribution is 2.29. The van der Waals surface area contributed by atoms with Gasteiger partial charge in [-0.2, -0.15) is 0 Å². The summed E-state index contributed by atoms with van der Waals surface area (Å²) < 4.78 is 10.1. The zero-order valence-electron chi connectivity index (χ0n) is 12.2. The molecule has 2 aromatic carbocycles. The summed E-state index contributed by atoms with van der Waals surface area (Å²) in [5.41, 5.74) is 2.00. The predicted molar refractivity (Wildman–Crippen MR) is 79.9 cm³/mol. The third-order valence-electron chi connectivity index (χ3n) is 3.09. The Hall–Kier alpha value is -2.89. The van der Waals surface area contributed by atoms with Gasteiger partial charge in [0.15, 0.2) is 5.75 Å². The van der Waals surface area contributed by atoms with Crippen molar-refractivity contribution in [3.63, 3.8) is 0 Å². The number of methoxy groups -OCH3 is 1. The van der Waals surface area contributed by atoms with Gasteiger partial charge in [-0.1, -0.05) is 29.8 Å². The number of nitro benzene ring substituents is 1. The summed E-state index contributed by atoms with van der Waals surface area (Å²) in [6.45, 7) is 2.14. The van der Waals surface area contributed by atoms with Gasteiger partial charge in [-0.15, -0.1) is 0 Å². The van der Waals surface area contributed by atoms with Crippen molar-refractivity contribution in [2.24, 2.45) is 0 Å². The lowest BCUT2D eigenvalue weighted by atomic mass is 10.1. The number of carbonyl (C=O) groups is 1. The van der Waals surface area contributed by atoms with Crippen LogP contribution >= 0.6 is 0 Å². The lowest BCUT2D eigenvalue weighted by Gasteiger charge is -2.08. The van der Waals surface area contributed by atoms with Crippen molar-refractivity contribution < 1.29 is 19.2 Å². The number of ether oxygens (including phenoxy) is 2. The van der Waals surface area contributed by atoms with Crippen LogP contribution in [0.25, 0.3) is 0 Å². The van der Waals surface area contributed by atoms with E-state index < -0.39 is 10.9 Å². The summed E-state index contributed by atoms with van der Waals surface area (Å²) in [5.74, 6) is -0.538. The molecule has 0 aliphatic carbocycles. The summed E-state index contributed by atoms with van der Waals surface area (Å²) in [4.78, 5) is 22.0. The van der Waals surface area contributed by atoms with Gasteiger partial charge in [0.25, 0.3) is 0 Å². The van der Waals surface area contributed by atoms with Crippen molar-refractivity contribution in [3.05, 3.63) is 69.3 Å². The first-order valence-electron chi connectivity index (χ1n) is 6.56. The van der Waals surface area contributed by atoms with Crippen molar-refractivity contribution in [2.75, 3.05) is 7.11 Å². The van der Waals surface area contributed by atoms with E-state index in [0.29, 0.717) is 0 Å². The van der Waals surface area contributed by atoms with Gasteiger partial charge in [0.2, 0.25) is 0 Å². The van der Waals surface area contributed by atoms with Crippen LogP contribution in [0, 0.1) is 17.0 Å². The molecule has 0 spiro atoms. The first-order valence-corrected chi connectivity index (χ1v) is 6.56. The van der Waals surface area contributed by atoms with E-state index in [2.05, 4.69) is 4.74 Å². The standard InChI is InChI=1S/C16H15NO5/c1-11-3-5-12(6-4-11)10-22-15-9-13(16(18)21-2)7-8-14(15)17(19)20/h3-9H,10H2,1-2H3. The van der Waals surface area contributed by atoms with Gasteiger partial charge < -0.3 is 9.47 Å². The predicted octanol–water partition coefficient (Wildman–Crippen LogP) is 3.27. The maximum atomic E-state index is 11.5. The van der Waals surface area contributed by atoms with Gasteiger partial charge in [-0.25, -0.2) is 4.79 Å². The van der Waals surface area contributed by atoms with E-state index in [9.17, 15) is 14.9 Å². The second-order valence-corrected chi connectivity index (χ2v) is 4.71. The first kappa shape index (κ1) is 15.5. The summed E-state index contributed by atoms with van der Waals surface area (Å²) >= 11 is 0. The first-order chi connectivity index (χ1) is 10.5. The van der Waals surface area contributed by atoms with Gasteiger partial charge in [0.1, 0.15) is 6.61 Å². The Morgan fingerprint density at radius 1 is 1.18 bits per heavy atom. The molecule has 22 heavy (non-hydrogen) atoms. The minimum Gasteiger partial charge on any atom is -0.482 e. The van der Waals surface area contributed by atoms with E-state index >= 15 is 0 Å². The fourth-order valence-corrected chi connectivity index (χ4v) is 1.87. The summed E-state index contributed by atoms with van der Waals surface area (Å²) in [5, 5.41) is 11.0. The van der Waals surface area contributed by atoms with Crippen LogP contribution in [0.3, 0.4) is 0 Å². The molecule has 0 amide bonds. The molecule has 114 valence electrons. The van der Waals surface area contributed by atoms with Crippen LogP contribution in [0.15, 0.2) is 42.5 Å². The van der Waals surface area contributed by atoms with Crippen molar-refractivity contribution >= 4 is 11.7 Å². The molecule has 0 N–H and O–H groups in total. The number of nitro groups is 1. The number of esters is 1. The Labute approximate surface area is 127 Å². The Morgan fingerprint density at radius 3 is 2.45 bits per heavy atom. The van der Waals surface area contributed by atoms with Crippen molar-refractivity contribution in [1.29, 1.82) is 0 Å². The van der Waals surface area contributed by atoms with Gasteiger partial charge >= 0.3 is 11.7 Å². The lowest BCUT2D eigenvalue weighted by molar-refractivity contribution is -0.385. The number of nitrogens with zero attached hydrogens (tertiary/aromatic N) is 1. The number of hydrogen-bond donors (Lipinski definition) is 0. The van der Waals surface area contributed by atoms with Crippen LogP contribution in [0.5, 0.6) is 5.75 Å². The molecule has 0 radical (unpaired) electrons. The molecule has 0 fully saturated rings.